The van der Waals surface area contributed by atoms with E-state index in [2.05, 4.69) is 5.16 Å². The van der Waals surface area contributed by atoms with Gasteiger partial charge in [0.2, 0.25) is 0 Å². The van der Waals surface area contributed by atoms with Crippen LogP contribution in [0.15, 0.2) is 23.4 Å². The third-order valence-corrected chi connectivity index (χ3v) is 3.15. The van der Waals surface area contributed by atoms with Gasteiger partial charge >= 0.3 is 0 Å². The fourth-order valence-electron chi connectivity index (χ4n) is 1.78. The first-order valence-corrected chi connectivity index (χ1v) is 6.06. The van der Waals surface area contributed by atoms with Crippen LogP contribution >= 0.6 is 11.6 Å². The lowest BCUT2D eigenvalue weighted by molar-refractivity contribution is 0.167. The van der Waals surface area contributed by atoms with Gasteiger partial charge in [0, 0.05) is 18.1 Å². The Hall–Kier alpha value is -1.46. The summed E-state index contributed by atoms with van der Waals surface area (Å²) in [6.07, 6.45) is 1.02. The van der Waals surface area contributed by atoms with Crippen LogP contribution < -0.4 is 10.5 Å². The number of benzene rings is 1. The Balaban J connectivity index is 1.99. The SMILES string of the molecule is NC(=NO)c1ccc(OCC2CCOC2)cc1Cl. The first-order chi connectivity index (χ1) is 8.70. The van der Waals surface area contributed by atoms with Gasteiger partial charge in [-0.15, -0.1) is 0 Å². The molecule has 0 spiro atoms. The summed E-state index contributed by atoms with van der Waals surface area (Å²) in [4.78, 5) is 0. The second kappa shape index (κ2) is 5.93. The molecule has 5 nitrogen and oxygen atoms in total. The number of amidine groups is 1. The van der Waals surface area contributed by atoms with Crippen LogP contribution in [0.1, 0.15) is 12.0 Å². The van der Waals surface area contributed by atoms with Gasteiger partial charge in [0.25, 0.3) is 0 Å². The number of halogens is 1. The van der Waals surface area contributed by atoms with Crippen LogP contribution in [0.5, 0.6) is 5.75 Å². The summed E-state index contributed by atoms with van der Waals surface area (Å²) in [5.74, 6) is 1.09. The van der Waals surface area contributed by atoms with Crippen molar-refractivity contribution in [2.45, 2.75) is 6.42 Å². The van der Waals surface area contributed by atoms with Crippen LogP contribution in [-0.4, -0.2) is 30.9 Å². The number of rotatable bonds is 4. The fraction of sp³-hybridized carbons (Fsp3) is 0.417. The topological polar surface area (TPSA) is 77.1 Å². The minimum atomic E-state index is -0.0178. The molecule has 1 fully saturated rings. The van der Waals surface area contributed by atoms with Gasteiger partial charge in [0.15, 0.2) is 5.84 Å². The molecule has 98 valence electrons. The van der Waals surface area contributed by atoms with E-state index in [4.69, 9.17) is 32.0 Å². The third-order valence-electron chi connectivity index (χ3n) is 2.83. The predicted octanol–water partition coefficient (Wildman–Crippen LogP) is 1.85. The summed E-state index contributed by atoms with van der Waals surface area (Å²) in [6, 6.07) is 5.07. The lowest BCUT2D eigenvalue weighted by atomic mass is 10.1. The highest BCUT2D eigenvalue weighted by atomic mass is 35.5. The number of nitrogens with two attached hydrogens (primary N) is 1. The zero-order valence-electron chi connectivity index (χ0n) is 9.80. The molecule has 1 aromatic rings. The zero-order chi connectivity index (χ0) is 13.0. The Labute approximate surface area is 110 Å². The molecule has 1 unspecified atom stereocenters. The molecule has 1 aliphatic heterocycles. The van der Waals surface area contributed by atoms with E-state index in [1.165, 1.54) is 0 Å². The third kappa shape index (κ3) is 3.05. The molecule has 3 N–H and O–H groups in total. The van der Waals surface area contributed by atoms with Crippen LogP contribution in [0.4, 0.5) is 0 Å². The van der Waals surface area contributed by atoms with Gasteiger partial charge < -0.3 is 20.4 Å². The van der Waals surface area contributed by atoms with Crippen molar-refractivity contribution in [2.75, 3.05) is 19.8 Å². The van der Waals surface area contributed by atoms with E-state index in [0.717, 1.165) is 19.6 Å². The number of nitrogens with zero attached hydrogens (tertiary/aromatic N) is 1. The van der Waals surface area contributed by atoms with Crippen molar-refractivity contribution in [2.24, 2.45) is 16.8 Å². The average Bonchev–Trinajstić information content (AvgIpc) is 2.88. The van der Waals surface area contributed by atoms with Gasteiger partial charge in [-0.3, -0.25) is 0 Å². The summed E-state index contributed by atoms with van der Waals surface area (Å²) < 4.78 is 10.9. The minimum Gasteiger partial charge on any atom is -0.493 e. The molecule has 2 rings (SSSR count). The molecule has 1 aliphatic rings. The Morgan fingerprint density at radius 2 is 2.44 bits per heavy atom. The van der Waals surface area contributed by atoms with E-state index in [1.54, 1.807) is 18.2 Å². The Morgan fingerprint density at radius 3 is 3.06 bits per heavy atom. The van der Waals surface area contributed by atoms with Gasteiger partial charge in [-0.25, -0.2) is 0 Å². The van der Waals surface area contributed by atoms with Crippen molar-refractivity contribution >= 4 is 17.4 Å². The van der Waals surface area contributed by atoms with E-state index < -0.39 is 0 Å². The molecule has 1 aromatic carbocycles. The van der Waals surface area contributed by atoms with E-state index in [0.29, 0.717) is 28.9 Å². The zero-order valence-corrected chi connectivity index (χ0v) is 10.6. The molecule has 1 atom stereocenters. The largest absolute Gasteiger partial charge is 0.493 e. The quantitative estimate of drug-likeness (QED) is 0.379. The maximum atomic E-state index is 8.59. The molecule has 0 aliphatic carbocycles. The summed E-state index contributed by atoms with van der Waals surface area (Å²) in [7, 11) is 0. The predicted molar refractivity (Wildman–Crippen MR) is 68.4 cm³/mol. The maximum absolute atomic E-state index is 8.59. The van der Waals surface area contributed by atoms with Crippen molar-refractivity contribution in [3.05, 3.63) is 28.8 Å². The standard InChI is InChI=1S/C12H15ClN2O3/c13-11-5-9(1-2-10(11)12(14)15-16)18-7-8-3-4-17-6-8/h1-2,5,8,16H,3-4,6-7H2,(H2,14,15). The maximum Gasteiger partial charge on any atom is 0.171 e. The van der Waals surface area contributed by atoms with Crippen LogP contribution in [0.25, 0.3) is 0 Å². The molecule has 1 saturated heterocycles. The lowest BCUT2D eigenvalue weighted by Gasteiger charge is -2.11. The van der Waals surface area contributed by atoms with Crippen molar-refractivity contribution in [1.29, 1.82) is 0 Å². The molecule has 18 heavy (non-hydrogen) atoms. The molecule has 0 radical (unpaired) electrons. The van der Waals surface area contributed by atoms with Crippen molar-refractivity contribution < 1.29 is 14.7 Å². The Morgan fingerprint density at radius 1 is 1.61 bits per heavy atom. The number of oxime groups is 1. The molecular formula is C12H15ClN2O3. The molecule has 6 heteroatoms. The second-order valence-corrected chi connectivity index (χ2v) is 4.57. The summed E-state index contributed by atoms with van der Waals surface area (Å²) in [5, 5.41) is 11.9. The Bertz CT molecular complexity index is 445. The molecule has 0 bridgehead atoms. The number of ether oxygens (including phenoxy) is 2. The van der Waals surface area contributed by atoms with Gasteiger partial charge in [-0.2, -0.15) is 0 Å². The highest BCUT2D eigenvalue weighted by Crippen LogP contribution is 2.23. The van der Waals surface area contributed by atoms with Crippen molar-refractivity contribution in [1.82, 2.24) is 0 Å². The minimum absolute atomic E-state index is 0.0178. The summed E-state index contributed by atoms with van der Waals surface area (Å²) >= 11 is 6.02. The normalized spacial score (nSPS) is 20.1. The van der Waals surface area contributed by atoms with E-state index in [1.807, 2.05) is 0 Å². The Kier molecular flexibility index (Phi) is 4.28. The van der Waals surface area contributed by atoms with E-state index >= 15 is 0 Å². The highest BCUT2D eigenvalue weighted by molar-refractivity contribution is 6.34. The molecular weight excluding hydrogens is 256 g/mol. The number of hydrogen-bond donors (Lipinski definition) is 2. The van der Waals surface area contributed by atoms with Crippen LogP contribution in [-0.2, 0) is 4.74 Å². The van der Waals surface area contributed by atoms with Gasteiger partial charge in [-0.05, 0) is 24.6 Å². The lowest BCUT2D eigenvalue weighted by Crippen LogP contribution is -2.14. The van der Waals surface area contributed by atoms with Crippen LogP contribution in [0.2, 0.25) is 5.02 Å². The highest BCUT2D eigenvalue weighted by Gasteiger charge is 2.16. The van der Waals surface area contributed by atoms with Gasteiger partial charge in [-0.1, -0.05) is 16.8 Å². The van der Waals surface area contributed by atoms with E-state index in [9.17, 15) is 0 Å². The molecule has 0 aromatic heterocycles. The van der Waals surface area contributed by atoms with Crippen molar-refractivity contribution in [3.8, 4) is 5.75 Å². The first-order valence-electron chi connectivity index (χ1n) is 5.68. The van der Waals surface area contributed by atoms with Crippen LogP contribution in [0, 0.1) is 5.92 Å². The monoisotopic (exact) mass is 270 g/mol. The van der Waals surface area contributed by atoms with Crippen LogP contribution in [0.3, 0.4) is 0 Å². The average molecular weight is 271 g/mol. The summed E-state index contributed by atoms with van der Waals surface area (Å²) in [6.45, 7) is 2.16. The van der Waals surface area contributed by atoms with Gasteiger partial charge in [0.05, 0.1) is 18.2 Å². The molecule has 1 heterocycles. The first kappa shape index (κ1) is 13.0. The summed E-state index contributed by atoms with van der Waals surface area (Å²) in [5.41, 5.74) is 5.96. The number of hydrogen-bond acceptors (Lipinski definition) is 4. The fourth-order valence-corrected chi connectivity index (χ4v) is 2.04. The van der Waals surface area contributed by atoms with Gasteiger partial charge in [0.1, 0.15) is 5.75 Å². The molecule has 0 saturated carbocycles. The second-order valence-electron chi connectivity index (χ2n) is 4.17. The molecule has 0 amide bonds. The van der Waals surface area contributed by atoms with E-state index in [-0.39, 0.29) is 5.84 Å². The van der Waals surface area contributed by atoms with Crippen molar-refractivity contribution in [3.63, 3.8) is 0 Å². The smallest absolute Gasteiger partial charge is 0.171 e.